The van der Waals surface area contributed by atoms with Crippen LogP contribution in [0.15, 0.2) is 54.6 Å². The van der Waals surface area contributed by atoms with Crippen molar-refractivity contribution >= 4 is 0 Å². The highest BCUT2D eigenvalue weighted by Crippen LogP contribution is 2.27. The van der Waals surface area contributed by atoms with E-state index in [-0.39, 0.29) is 18.2 Å². The van der Waals surface area contributed by atoms with Crippen molar-refractivity contribution in [1.82, 2.24) is 14.9 Å². The lowest BCUT2D eigenvalue weighted by Gasteiger charge is -2.25. The zero-order valence-corrected chi connectivity index (χ0v) is 17.1. The van der Waals surface area contributed by atoms with Crippen LogP contribution < -0.4 is 5.43 Å². The van der Waals surface area contributed by atoms with Crippen molar-refractivity contribution in [2.24, 2.45) is 0 Å². The summed E-state index contributed by atoms with van der Waals surface area (Å²) in [5.74, 6) is 1.41. The molecule has 0 fully saturated rings. The molecule has 1 aromatic heterocycles. The van der Waals surface area contributed by atoms with Gasteiger partial charge in [-0.15, -0.1) is 10.2 Å². The Labute approximate surface area is 166 Å². The van der Waals surface area contributed by atoms with Crippen LogP contribution in [0, 0.1) is 6.92 Å². The lowest BCUT2D eigenvalue weighted by Crippen LogP contribution is -2.27. The molecule has 2 aromatic carbocycles. The summed E-state index contributed by atoms with van der Waals surface area (Å²) in [4.78, 5) is 0. The SMILES string of the molecule is COC(C)c1nnc(C(C)OC)n1NC(c1ccccc1)c1ccc(C)cc1. The molecule has 0 aliphatic carbocycles. The number of hydrogen-bond acceptors (Lipinski definition) is 5. The molecule has 0 aliphatic rings. The average Bonchev–Trinajstić information content (AvgIpc) is 3.16. The van der Waals surface area contributed by atoms with E-state index in [9.17, 15) is 0 Å². The highest BCUT2D eigenvalue weighted by molar-refractivity contribution is 5.36. The van der Waals surface area contributed by atoms with E-state index in [1.54, 1.807) is 14.2 Å². The second-order valence-electron chi connectivity index (χ2n) is 6.89. The summed E-state index contributed by atoms with van der Waals surface area (Å²) in [6.07, 6.45) is -0.431. The van der Waals surface area contributed by atoms with Crippen LogP contribution in [-0.4, -0.2) is 29.1 Å². The highest BCUT2D eigenvalue weighted by Gasteiger charge is 2.24. The molecule has 28 heavy (non-hydrogen) atoms. The fraction of sp³-hybridized carbons (Fsp3) is 0.364. The van der Waals surface area contributed by atoms with Crippen molar-refractivity contribution in [3.8, 4) is 0 Å². The predicted octanol–water partition coefficient (Wildman–Crippen LogP) is 4.33. The van der Waals surface area contributed by atoms with Gasteiger partial charge < -0.3 is 14.9 Å². The van der Waals surface area contributed by atoms with Crippen molar-refractivity contribution in [2.75, 3.05) is 19.6 Å². The number of aromatic nitrogens is 3. The molecule has 0 spiro atoms. The largest absolute Gasteiger partial charge is 0.374 e. The van der Waals surface area contributed by atoms with Crippen LogP contribution in [-0.2, 0) is 9.47 Å². The smallest absolute Gasteiger partial charge is 0.180 e. The van der Waals surface area contributed by atoms with E-state index in [1.165, 1.54) is 5.56 Å². The zero-order chi connectivity index (χ0) is 20.1. The van der Waals surface area contributed by atoms with Gasteiger partial charge in [-0.1, -0.05) is 60.2 Å². The van der Waals surface area contributed by atoms with E-state index in [1.807, 2.05) is 36.7 Å². The van der Waals surface area contributed by atoms with Gasteiger partial charge in [-0.3, -0.25) is 0 Å². The zero-order valence-electron chi connectivity index (χ0n) is 17.1. The predicted molar refractivity (Wildman–Crippen MR) is 110 cm³/mol. The summed E-state index contributed by atoms with van der Waals surface area (Å²) < 4.78 is 12.9. The quantitative estimate of drug-likeness (QED) is 0.630. The fourth-order valence-corrected chi connectivity index (χ4v) is 3.05. The molecule has 0 aliphatic heterocycles. The van der Waals surface area contributed by atoms with Gasteiger partial charge in [0.2, 0.25) is 0 Å². The minimum Gasteiger partial charge on any atom is -0.374 e. The average molecular weight is 380 g/mol. The molecule has 148 valence electrons. The molecule has 1 N–H and O–H groups in total. The summed E-state index contributed by atoms with van der Waals surface area (Å²) in [6, 6.07) is 18.8. The van der Waals surface area contributed by atoms with E-state index < -0.39 is 0 Å². The maximum atomic E-state index is 5.51. The minimum absolute atomic E-state index is 0.0802. The number of methoxy groups -OCH3 is 2. The molecule has 1 heterocycles. The van der Waals surface area contributed by atoms with Gasteiger partial charge >= 0.3 is 0 Å². The van der Waals surface area contributed by atoms with Crippen molar-refractivity contribution in [2.45, 2.75) is 39.0 Å². The lowest BCUT2D eigenvalue weighted by atomic mass is 9.98. The molecule has 3 atom stereocenters. The van der Waals surface area contributed by atoms with Crippen molar-refractivity contribution < 1.29 is 9.47 Å². The topological polar surface area (TPSA) is 61.2 Å². The second kappa shape index (κ2) is 8.99. The van der Waals surface area contributed by atoms with Gasteiger partial charge in [-0.2, -0.15) is 0 Å². The molecule has 0 amide bonds. The number of benzene rings is 2. The van der Waals surface area contributed by atoms with Crippen LogP contribution in [0.5, 0.6) is 0 Å². The van der Waals surface area contributed by atoms with Crippen LogP contribution in [0.4, 0.5) is 0 Å². The fourth-order valence-electron chi connectivity index (χ4n) is 3.05. The molecule has 0 saturated heterocycles. The van der Waals surface area contributed by atoms with Crippen molar-refractivity contribution in [3.63, 3.8) is 0 Å². The molecule has 0 saturated carbocycles. The Morgan fingerprint density at radius 1 is 0.786 bits per heavy atom. The second-order valence-corrected chi connectivity index (χ2v) is 6.89. The summed E-state index contributed by atoms with van der Waals surface area (Å²) in [6.45, 7) is 5.99. The van der Waals surface area contributed by atoms with Crippen LogP contribution >= 0.6 is 0 Å². The van der Waals surface area contributed by atoms with Gasteiger partial charge in [0.15, 0.2) is 11.6 Å². The summed E-state index contributed by atoms with van der Waals surface area (Å²) >= 11 is 0. The van der Waals surface area contributed by atoms with E-state index in [4.69, 9.17) is 9.47 Å². The Bertz CT molecular complexity index is 850. The van der Waals surface area contributed by atoms with Gasteiger partial charge in [-0.05, 0) is 31.9 Å². The summed E-state index contributed by atoms with van der Waals surface area (Å²) in [7, 11) is 3.33. The number of aryl methyl sites for hydroxylation is 1. The van der Waals surface area contributed by atoms with E-state index >= 15 is 0 Å². The lowest BCUT2D eigenvalue weighted by molar-refractivity contribution is 0.101. The van der Waals surface area contributed by atoms with E-state index in [2.05, 4.69) is 58.9 Å². The third kappa shape index (κ3) is 4.24. The van der Waals surface area contributed by atoms with Gasteiger partial charge in [-0.25, -0.2) is 4.68 Å². The highest BCUT2D eigenvalue weighted by atomic mass is 16.5. The van der Waals surface area contributed by atoms with Crippen LogP contribution in [0.3, 0.4) is 0 Å². The van der Waals surface area contributed by atoms with Crippen LogP contribution in [0.25, 0.3) is 0 Å². The molecule has 3 aromatic rings. The molecular formula is C22H28N4O2. The normalized spacial score (nSPS) is 14.5. The monoisotopic (exact) mass is 380 g/mol. The Kier molecular flexibility index (Phi) is 6.44. The van der Waals surface area contributed by atoms with Gasteiger partial charge in [0.25, 0.3) is 0 Å². The van der Waals surface area contributed by atoms with E-state index in [0.717, 1.165) is 11.1 Å². The maximum Gasteiger partial charge on any atom is 0.180 e. The molecule has 0 radical (unpaired) electrons. The maximum absolute atomic E-state index is 5.51. The molecule has 3 rings (SSSR count). The van der Waals surface area contributed by atoms with Gasteiger partial charge in [0, 0.05) is 14.2 Å². The minimum atomic E-state index is -0.216. The first-order chi connectivity index (χ1) is 13.5. The van der Waals surface area contributed by atoms with Gasteiger partial charge in [0.05, 0.1) is 6.04 Å². The van der Waals surface area contributed by atoms with Crippen molar-refractivity contribution in [3.05, 3.63) is 82.9 Å². The summed E-state index contributed by atoms with van der Waals surface area (Å²) in [5, 5.41) is 8.71. The number of nitrogens with zero attached hydrogens (tertiary/aromatic N) is 3. The third-order valence-corrected chi connectivity index (χ3v) is 4.95. The Morgan fingerprint density at radius 2 is 1.29 bits per heavy atom. The first-order valence-corrected chi connectivity index (χ1v) is 9.44. The standard InChI is InChI=1S/C22H28N4O2/c1-15-11-13-19(14-12-15)20(18-9-7-6-8-10-18)25-26-21(16(2)27-4)23-24-22(26)17(3)28-5/h6-14,16-17,20,25H,1-5H3. The number of nitrogens with one attached hydrogen (secondary N) is 1. The van der Waals surface area contributed by atoms with E-state index in [0.29, 0.717) is 11.6 Å². The number of ether oxygens (including phenoxy) is 2. The van der Waals surface area contributed by atoms with Crippen LogP contribution in [0.1, 0.15) is 60.4 Å². The molecule has 6 nitrogen and oxygen atoms in total. The molecule has 6 heteroatoms. The first kappa shape index (κ1) is 20.0. The number of hydrogen-bond donors (Lipinski definition) is 1. The Morgan fingerprint density at radius 3 is 1.79 bits per heavy atom. The Hall–Kier alpha value is -2.70. The molecule has 3 unspecified atom stereocenters. The summed E-state index contributed by atoms with van der Waals surface area (Å²) in [5.41, 5.74) is 7.13. The third-order valence-electron chi connectivity index (χ3n) is 4.95. The van der Waals surface area contributed by atoms with Crippen molar-refractivity contribution in [1.29, 1.82) is 0 Å². The number of rotatable bonds is 8. The van der Waals surface area contributed by atoms with Crippen LogP contribution in [0.2, 0.25) is 0 Å². The van der Waals surface area contributed by atoms with Gasteiger partial charge in [0.1, 0.15) is 12.2 Å². The Balaban J connectivity index is 2.08. The first-order valence-electron chi connectivity index (χ1n) is 9.44. The molecular weight excluding hydrogens is 352 g/mol. The molecule has 0 bridgehead atoms.